The lowest BCUT2D eigenvalue weighted by atomic mass is 10.2. The van der Waals surface area contributed by atoms with Crippen LogP contribution in [0.4, 0.5) is 11.4 Å². The minimum atomic E-state index is -0.115. The molecule has 2 aromatic carbocycles. The average molecular weight is 424 g/mol. The van der Waals surface area contributed by atoms with Gasteiger partial charge in [0.15, 0.2) is 0 Å². The summed E-state index contributed by atoms with van der Waals surface area (Å²) in [4.78, 5) is 25.8. The largest absolute Gasteiger partial charge is 0.508 e. The highest BCUT2D eigenvalue weighted by molar-refractivity contribution is 7.99. The highest BCUT2D eigenvalue weighted by atomic mass is 32.2. The number of nitrogens with one attached hydrogen (secondary N) is 1. The Morgan fingerprint density at radius 2 is 1.83 bits per heavy atom. The highest BCUT2D eigenvalue weighted by Crippen LogP contribution is 2.24. The van der Waals surface area contributed by atoms with E-state index < -0.39 is 0 Å². The average Bonchev–Trinajstić information content (AvgIpc) is 3.38. The van der Waals surface area contributed by atoms with Crippen LogP contribution in [-0.2, 0) is 9.59 Å². The summed E-state index contributed by atoms with van der Waals surface area (Å²) < 4.78 is 1.56. The second-order valence-corrected chi connectivity index (χ2v) is 7.79. The fourth-order valence-corrected chi connectivity index (χ4v) is 3.96. The summed E-state index contributed by atoms with van der Waals surface area (Å²) in [5.74, 6) is 0.692. The maximum atomic E-state index is 12.3. The molecule has 154 valence electrons. The van der Waals surface area contributed by atoms with Gasteiger partial charge in [0.1, 0.15) is 5.75 Å². The van der Waals surface area contributed by atoms with E-state index in [2.05, 4.69) is 20.8 Å². The fourth-order valence-electron chi connectivity index (χ4n) is 3.13. The topological polar surface area (TPSA) is 113 Å². The number of carbonyl (C=O) groups excluding carboxylic acids is 2. The maximum absolute atomic E-state index is 12.3. The van der Waals surface area contributed by atoms with Gasteiger partial charge in [0, 0.05) is 36.5 Å². The van der Waals surface area contributed by atoms with Crippen molar-refractivity contribution in [1.29, 1.82) is 0 Å². The number of hydrogen-bond donors (Lipinski definition) is 2. The monoisotopic (exact) mass is 424 g/mol. The van der Waals surface area contributed by atoms with Crippen LogP contribution >= 0.6 is 11.8 Å². The van der Waals surface area contributed by atoms with Crippen molar-refractivity contribution in [2.75, 3.05) is 22.5 Å². The first-order valence-corrected chi connectivity index (χ1v) is 10.5. The Bertz CT molecular complexity index is 1040. The minimum Gasteiger partial charge on any atom is -0.508 e. The van der Waals surface area contributed by atoms with Gasteiger partial charge in [-0.05, 0) is 65.4 Å². The molecule has 0 atom stereocenters. The van der Waals surface area contributed by atoms with Crippen LogP contribution in [-0.4, -0.2) is 49.4 Å². The molecule has 0 radical (unpaired) electrons. The SMILES string of the molecule is O=C(CCSc1nnnn1-c1ccc(O)cc1)Nc1ccc(N2CCCC2=O)cc1. The summed E-state index contributed by atoms with van der Waals surface area (Å²) in [6.45, 7) is 0.741. The third-order valence-electron chi connectivity index (χ3n) is 4.63. The van der Waals surface area contributed by atoms with Crippen molar-refractivity contribution in [1.82, 2.24) is 20.2 Å². The maximum Gasteiger partial charge on any atom is 0.227 e. The fraction of sp³-hybridized carbons (Fsp3) is 0.250. The van der Waals surface area contributed by atoms with Gasteiger partial charge >= 0.3 is 0 Å². The molecular weight excluding hydrogens is 404 g/mol. The predicted octanol–water partition coefficient (Wildman–Crippen LogP) is 2.62. The molecule has 30 heavy (non-hydrogen) atoms. The molecule has 2 heterocycles. The first-order valence-electron chi connectivity index (χ1n) is 9.51. The molecule has 0 aliphatic carbocycles. The van der Waals surface area contributed by atoms with E-state index in [1.54, 1.807) is 46.0 Å². The number of aromatic nitrogens is 4. The lowest BCUT2D eigenvalue weighted by Gasteiger charge is -2.16. The number of nitrogens with zero attached hydrogens (tertiary/aromatic N) is 5. The van der Waals surface area contributed by atoms with Crippen LogP contribution in [0.1, 0.15) is 19.3 Å². The molecule has 1 aliphatic rings. The molecule has 9 nitrogen and oxygen atoms in total. The number of thioether (sulfide) groups is 1. The number of anilines is 2. The van der Waals surface area contributed by atoms with Gasteiger partial charge in [-0.2, -0.15) is 4.68 Å². The number of aromatic hydroxyl groups is 1. The predicted molar refractivity (Wildman–Crippen MR) is 113 cm³/mol. The van der Waals surface area contributed by atoms with Crippen molar-refractivity contribution < 1.29 is 14.7 Å². The first-order chi connectivity index (χ1) is 14.6. The number of phenols is 1. The van der Waals surface area contributed by atoms with E-state index in [-0.39, 0.29) is 17.6 Å². The molecule has 10 heteroatoms. The van der Waals surface area contributed by atoms with E-state index in [9.17, 15) is 14.7 Å². The van der Waals surface area contributed by atoms with Gasteiger partial charge in [-0.3, -0.25) is 9.59 Å². The highest BCUT2D eigenvalue weighted by Gasteiger charge is 2.21. The second kappa shape index (κ2) is 8.95. The lowest BCUT2D eigenvalue weighted by Crippen LogP contribution is -2.23. The van der Waals surface area contributed by atoms with E-state index in [0.717, 1.165) is 24.3 Å². The van der Waals surface area contributed by atoms with Gasteiger partial charge in [-0.1, -0.05) is 11.8 Å². The molecule has 4 rings (SSSR count). The van der Waals surface area contributed by atoms with Gasteiger partial charge in [-0.15, -0.1) is 5.10 Å². The number of rotatable bonds is 7. The van der Waals surface area contributed by atoms with Crippen molar-refractivity contribution in [2.24, 2.45) is 0 Å². The summed E-state index contributed by atoms with van der Waals surface area (Å²) in [5, 5.41) is 24.4. The number of carbonyl (C=O) groups is 2. The summed E-state index contributed by atoms with van der Waals surface area (Å²) >= 11 is 1.37. The minimum absolute atomic E-state index is 0.115. The Morgan fingerprint density at radius 1 is 1.10 bits per heavy atom. The van der Waals surface area contributed by atoms with Crippen molar-refractivity contribution in [2.45, 2.75) is 24.4 Å². The summed E-state index contributed by atoms with van der Waals surface area (Å²) in [6.07, 6.45) is 1.76. The number of phenolic OH excluding ortho intramolecular Hbond substituents is 1. The molecule has 0 bridgehead atoms. The number of amides is 2. The third kappa shape index (κ3) is 4.60. The summed E-state index contributed by atoms with van der Waals surface area (Å²) in [5.41, 5.74) is 2.27. The zero-order valence-corrected chi connectivity index (χ0v) is 16.9. The van der Waals surface area contributed by atoms with E-state index in [1.165, 1.54) is 11.8 Å². The summed E-state index contributed by atoms with van der Waals surface area (Å²) in [7, 11) is 0. The Labute approximate surface area is 177 Å². The van der Waals surface area contributed by atoms with Gasteiger partial charge in [-0.25, -0.2) is 0 Å². The van der Waals surface area contributed by atoms with Crippen LogP contribution in [0.15, 0.2) is 53.7 Å². The number of benzene rings is 2. The van der Waals surface area contributed by atoms with Crippen LogP contribution in [0.2, 0.25) is 0 Å². The smallest absolute Gasteiger partial charge is 0.227 e. The molecule has 1 fully saturated rings. The normalized spacial score (nSPS) is 13.6. The Hall–Kier alpha value is -3.40. The van der Waals surface area contributed by atoms with Crippen molar-refractivity contribution in [3.8, 4) is 11.4 Å². The molecule has 0 spiro atoms. The van der Waals surface area contributed by atoms with E-state index in [1.807, 2.05) is 12.1 Å². The molecule has 2 amide bonds. The van der Waals surface area contributed by atoms with Crippen LogP contribution in [0.3, 0.4) is 0 Å². The quantitative estimate of drug-likeness (QED) is 0.561. The van der Waals surface area contributed by atoms with Gasteiger partial charge in [0.25, 0.3) is 0 Å². The molecule has 1 saturated heterocycles. The van der Waals surface area contributed by atoms with Crippen molar-refractivity contribution >= 4 is 35.0 Å². The molecule has 2 N–H and O–H groups in total. The Morgan fingerprint density at radius 3 is 2.53 bits per heavy atom. The van der Waals surface area contributed by atoms with Gasteiger partial charge in [0.2, 0.25) is 17.0 Å². The standard InChI is InChI=1S/C20H20N6O3S/c27-17-9-7-16(8-10-17)26-20(22-23-24-26)30-13-11-18(28)21-14-3-5-15(6-4-14)25-12-1-2-19(25)29/h3-10,27H,1-2,11-13H2,(H,21,28). The van der Waals surface area contributed by atoms with Crippen LogP contribution in [0.5, 0.6) is 5.75 Å². The summed E-state index contributed by atoms with van der Waals surface area (Å²) in [6, 6.07) is 13.8. The molecule has 3 aromatic rings. The lowest BCUT2D eigenvalue weighted by molar-refractivity contribution is -0.117. The van der Waals surface area contributed by atoms with Crippen molar-refractivity contribution in [3.63, 3.8) is 0 Å². The van der Waals surface area contributed by atoms with Crippen molar-refractivity contribution in [3.05, 3.63) is 48.5 Å². The van der Waals surface area contributed by atoms with E-state index in [0.29, 0.717) is 29.4 Å². The number of tetrazole rings is 1. The van der Waals surface area contributed by atoms with Gasteiger partial charge in [0.05, 0.1) is 5.69 Å². The number of hydrogen-bond acceptors (Lipinski definition) is 7. The van der Waals surface area contributed by atoms with Crippen LogP contribution in [0, 0.1) is 0 Å². The Balaban J connectivity index is 1.28. The van der Waals surface area contributed by atoms with E-state index in [4.69, 9.17) is 0 Å². The zero-order chi connectivity index (χ0) is 20.9. The first kappa shape index (κ1) is 19.9. The molecule has 0 saturated carbocycles. The molecule has 1 aromatic heterocycles. The molecule has 0 unspecified atom stereocenters. The van der Waals surface area contributed by atoms with Crippen LogP contribution < -0.4 is 10.2 Å². The van der Waals surface area contributed by atoms with Crippen LogP contribution in [0.25, 0.3) is 5.69 Å². The third-order valence-corrected chi connectivity index (χ3v) is 5.55. The molecular formula is C20H20N6O3S. The molecule has 1 aliphatic heterocycles. The second-order valence-electron chi connectivity index (χ2n) is 6.73. The van der Waals surface area contributed by atoms with E-state index >= 15 is 0 Å². The zero-order valence-electron chi connectivity index (χ0n) is 16.1. The van der Waals surface area contributed by atoms with Gasteiger partial charge < -0.3 is 15.3 Å². The Kier molecular flexibility index (Phi) is 5.94.